The van der Waals surface area contributed by atoms with Crippen LogP contribution < -0.4 is 20.1 Å². The molecular weight excluding hydrogens is 443 g/mol. The van der Waals surface area contributed by atoms with Crippen LogP contribution in [0.15, 0.2) is 47.6 Å². The van der Waals surface area contributed by atoms with Gasteiger partial charge in [0.15, 0.2) is 5.96 Å². The lowest BCUT2D eigenvalue weighted by atomic mass is 10.2. The zero-order valence-electron chi connectivity index (χ0n) is 15.5. The summed E-state index contributed by atoms with van der Waals surface area (Å²) in [6.07, 6.45) is 1.71. The minimum absolute atomic E-state index is 0. The zero-order valence-corrected chi connectivity index (χ0v) is 17.8. The van der Waals surface area contributed by atoms with Crippen LogP contribution in [0.25, 0.3) is 0 Å². The summed E-state index contributed by atoms with van der Waals surface area (Å²) < 4.78 is 11.0. The number of aliphatic imine (C=N–C) groups is 1. The molecule has 26 heavy (non-hydrogen) atoms. The van der Waals surface area contributed by atoms with E-state index in [-0.39, 0.29) is 24.0 Å². The van der Waals surface area contributed by atoms with Crippen LogP contribution in [-0.2, 0) is 6.54 Å². The van der Waals surface area contributed by atoms with Crippen LogP contribution in [0.1, 0.15) is 18.1 Å². The van der Waals surface area contributed by atoms with Gasteiger partial charge in [-0.3, -0.25) is 0 Å². The minimum Gasteiger partial charge on any atom is -0.492 e. The molecule has 1 aromatic carbocycles. The van der Waals surface area contributed by atoms with Crippen LogP contribution in [0.5, 0.6) is 11.6 Å². The van der Waals surface area contributed by atoms with Crippen molar-refractivity contribution in [1.29, 1.82) is 0 Å². The fraction of sp³-hybridized carbons (Fsp3) is 0.368. The number of hydrogen-bond acceptors (Lipinski definition) is 4. The molecule has 0 atom stereocenters. The first kappa shape index (κ1) is 22.0. The van der Waals surface area contributed by atoms with Crippen LogP contribution in [0.3, 0.4) is 0 Å². The number of nitrogens with zero attached hydrogens (tertiary/aromatic N) is 2. The lowest BCUT2D eigenvalue weighted by Gasteiger charge is -2.12. The van der Waals surface area contributed by atoms with Crippen molar-refractivity contribution in [2.45, 2.75) is 20.4 Å². The van der Waals surface area contributed by atoms with Crippen LogP contribution in [0, 0.1) is 6.92 Å². The zero-order chi connectivity index (χ0) is 17.9. The van der Waals surface area contributed by atoms with Gasteiger partial charge in [-0.15, -0.1) is 24.0 Å². The van der Waals surface area contributed by atoms with Gasteiger partial charge >= 0.3 is 0 Å². The highest BCUT2D eigenvalue weighted by Crippen LogP contribution is 2.14. The van der Waals surface area contributed by atoms with Crippen molar-refractivity contribution in [3.63, 3.8) is 0 Å². The number of halogens is 1. The number of pyridine rings is 1. The van der Waals surface area contributed by atoms with Crippen LogP contribution in [-0.4, -0.2) is 37.7 Å². The number of hydrogen-bond donors (Lipinski definition) is 2. The molecule has 0 saturated heterocycles. The second-order valence-electron chi connectivity index (χ2n) is 5.46. The van der Waals surface area contributed by atoms with Crippen LogP contribution in [0.4, 0.5) is 0 Å². The predicted octanol–water partition coefficient (Wildman–Crippen LogP) is 3.15. The van der Waals surface area contributed by atoms with Gasteiger partial charge < -0.3 is 20.1 Å². The summed E-state index contributed by atoms with van der Waals surface area (Å²) in [7, 11) is 1.61. The molecule has 0 fully saturated rings. The number of aromatic nitrogens is 1. The summed E-state index contributed by atoms with van der Waals surface area (Å²) in [4.78, 5) is 8.75. The average molecular weight is 470 g/mol. The molecule has 0 aliphatic carbocycles. The first-order chi connectivity index (χ1) is 12.2. The summed E-state index contributed by atoms with van der Waals surface area (Å²) in [5.41, 5.74) is 2.16. The van der Waals surface area contributed by atoms with Gasteiger partial charge in [-0.25, -0.2) is 9.98 Å². The molecule has 2 N–H and O–H groups in total. The van der Waals surface area contributed by atoms with E-state index in [9.17, 15) is 0 Å². The van der Waals surface area contributed by atoms with Gasteiger partial charge in [0.1, 0.15) is 12.4 Å². The molecule has 0 unspecified atom stereocenters. The normalized spacial score (nSPS) is 10.7. The Bertz CT molecular complexity index is 677. The topological polar surface area (TPSA) is 67.8 Å². The van der Waals surface area contributed by atoms with E-state index in [4.69, 9.17) is 9.47 Å². The van der Waals surface area contributed by atoms with E-state index in [1.165, 1.54) is 5.56 Å². The van der Waals surface area contributed by atoms with Gasteiger partial charge in [0.25, 0.3) is 0 Å². The molecule has 142 valence electrons. The Kier molecular flexibility index (Phi) is 10.5. The number of methoxy groups -OCH3 is 1. The fourth-order valence-corrected chi connectivity index (χ4v) is 2.21. The molecule has 6 nitrogen and oxygen atoms in total. The highest BCUT2D eigenvalue weighted by Gasteiger charge is 2.03. The molecule has 0 bridgehead atoms. The summed E-state index contributed by atoms with van der Waals surface area (Å²) in [6.45, 7) is 6.58. The smallest absolute Gasteiger partial charge is 0.218 e. The summed E-state index contributed by atoms with van der Waals surface area (Å²) in [6, 6.07) is 11.9. The summed E-state index contributed by atoms with van der Waals surface area (Å²) in [5, 5.41) is 6.48. The van der Waals surface area contributed by atoms with Crippen molar-refractivity contribution in [2.75, 3.05) is 26.8 Å². The molecule has 2 aromatic rings. The molecule has 0 spiro atoms. The summed E-state index contributed by atoms with van der Waals surface area (Å²) >= 11 is 0. The Morgan fingerprint density at radius 3 is 2.62 bits per heavy atom. The third kappa shape index (κ3) is 7.47. The largest absolute Gasteiger partial charge is 0.492 e. The quantitative estimate of drug-likeness (QED) is 0.269. The third-order valence-electron chi connectivity index (χ3n) is 3.48. The number of guanidine groups is 1. The Hall–Kier alpha value is -2.03. The van der Waals surface area contributed by atoms with E-state index in [1.54, 1.807) is 13.3 Å². The number of aryl methyl sites for hydroxylation is 1. The lowest BCUT2D eigenvalue weighted by Crippen LogP contribution is -2.39. The minimum atomic E-state index is 0. The highest BCUT2D eigenvalue weighted by molar-refractivity contribution is 14.0. The van der Waals surface area contributed by atoms with Gasteiger partial charge in [0.05, 0.1) is 20.2 Å². The monoisotopic (exact) mass is 470 g/mol. The molecule has 0 saturated carbocycles. The number of nitrogens with one attached hydrogen (secondary N) is 2. The maximum Gasteiger partial charge on any atom is 0.218 e. The Morgan fingerprint density at radius 1 is 1.15 bits per heavy atom. The molecular formula is C19H27IN4O2. The molecule has 1 heterocycles. The second kappa shape index (κ2) is 12.3. The van der Waals surface area contributed by atoms with E-state index in [0.29, 0.717) is 25.6 Å². The van der Waals surface area contributed by atoms with Gasteiger partial charge in [-0.1, -0.05) is 23.8 Å². The van der Waals surface area contributed by atoms with Crippen molar-refractivity contribution in [1.82, 2.24) is 15.6 Å². The number of ether oxygens (including phenoxy) is 2. The maximum absolute atomic E-state index is 5.71. The highest BCUT2D eigenvalue weighted by atomic mass is 127. The van der Waals surface area contributed by atoms with Crippen LogP contribution in [0.2, 0.25) is 0 Å². The van der Waals surface area contributed by atoms with Crippen molar-refractivity contribution in [2.24, 2.45) is 4.99 Å². The van der Waals surface area contributed by atoms with E-state index < -0.39 is 0 Å². The average Bonchev–Trinajstić information content (AvgIpc) is 2.64. The third-order valence-corrected chi connectivity index (χ3v) is 3.48. The van der Waals surface area contributed by atoms with Crippen LogP contribution >= 0.6 is 24.0 Å². The number of rotatable bonds is 8. The standard InChI is InChI=1S/C19H26N4O2.HI/c1-4-20-19(23-14-16-6-5-11-21-18(16)24-3)22-12-13-25-17-9-7-15(2)8-10-17;/h5-11H,4,12-14H2,1-3H3,(H2,20,22,23);1H. The van der Waals surface area contributed by atoms with E-state index in [2.05, 4.69) is 27.5 Å². The molecule has 0 aliphatic rings. The number of benzene rings is 1. The molecule has 0 radical (unpaired) electrons. The first-order valence-electron chi connectivity index (χ1n) is 8.42. The van der Waals surface area contributed by atoms with Crippen molar-refractivity contribution in [3.8, 4) is 11.6 Å². The van der Waals surface area contributed by atoms with Crippen molar-refractivity contribution >= 4 is 29.9 Å². The second-order valence-corrected chi connectivity index (χ2v) is 5.46. The van der Waals surface area contributed by atoms with E-state index in [0.717, 1.165) is 23.8 Å². The van der Waals surface area contributed by atoms with Gasteiger partial charge in [-0.2, -0.15) is 0 Å². The van der Waals surface area contributed by atoms with E-state index >= 15 is 0 Å². The summed E-state index contributed by atoms with van der Waals surface area (Å²) in [5.74, 6) is 2.21. The van der Waals surface area contributed by atoms with Gasteiger partial charge in [0, 0.05) is 18.3 Å². The van der Waals surface area contributed by atoms with Gasteiger partial charge in [0.2, 0.25) is 5.88 Å². The Morgan fingerprint density at radius 2 is 1.92 bits per heavy atom. The molecule has 0 aliphatic heterocycles. The first-order valence-corrected chi connectivity index (χ1v) is 8.42. The molecule has 0 amide bonds. The van der Waals surface area contributed by atoms with Crippen molar-refractivity contribution in [3.05, 3.63) is 53.7 Å². The predicted molar refractivity (Wildman–Crippen MR) is 116 cm³/mol. The van der Waals surface area contributed by atoms with E-state index in [1.807, 2.05) is 43.3 Å². The SMILES string of the molecule is CCNC(=NCc1cccnc1OC)NCCOc1ccc(C)cc1.I. The Balaban J connectivity index is 0.00000338. The fourth-order valence-electron chi connectivity index (χ4n) is 2.21. The van der Waals surface area contributed by atoms with Gasteiger partial charge in [-0.05, 0) is 32.0 Å². The molecule has 1 aromatic heterocycles. The lowest BCUT2D eigenvalue weighted by molar-refractivity contribution is 0.322. The molecule has 7 heteroatoms. The Labute approximate surface area is 172 Å². The maximum atomic E-state index is 5.71. The van der Waals surface area contributed by atoms with Crippen molar-refractivity contribution < 1.29 is 9.47 Å². The molecule has 2 rings (SSSR count).